The average molecular weight is 284 g/mol. The minimum absolute atomic E-state index is 0.0526. The third-order valence-corrected chi connectivity index (χ3v) is 2.83. The molecule has 0 atom stereocenters. The van der Waals surface area contributed by atoms with E-state index in [1.807, 2.05) is 6.92 Å². The summed E-state index contributed by atoms with van der Waals surface area (Å²) in [5, 5.41) is 10.0. The molecule has 1 amide bonds. The van der Waals surface area contributed by atoms with Crippen molar-refractivity contribution >= 4 is 17.8 Å². The summed E-state index contributed by atoms with van der Waals surface area (Å²) in [4.78, 5) is 15.2. The third-order valence-electron chi connectivity index (χ3n) is 2.83. The highest BCUT2D eigenvalue weighted by molar-refractivity contribution is 5.93. The lowest BCUT2D eigenvalue weighted by molar-refractivity contribution is 0.100. The van der Waals surface area contributed by atoms with Gasteiger partial charge in [0.25, 0.3) is 0 Å². The number of ether oxygens (including phenoxy) is 1. The summed E-state index contributed by atoms with van der Waals surface area (Å²) in [5.41, 5.74) is 6.80. The van der Waals surface area contributed by atoms with Crippen LogP contribution in [-0.4, -0.2) is 23.8 Å². The largest absolute Gasteiger partial charge is 0.504 e. The van der Waals surface area contributed by atoms with Crippen LogP contribution in [-0.2, 0) is 0 Å². The van der Waals surface area contributed by atoms with Crippen molar-refractivity contribution in [3.63, 3.8) is 0 Å². The molecule has 0 heterocycles. The Balaban J connectivity index is 2.21. The number of amides is 1. The summed E-state index contributed by atoms with van der Waals surface area (Å²) < 4.78 is 5.31. The molecule has 2 rings (SSSR count). The summed E-state index contributed by atoms with van der Waals surface area (Å²) in [6.45, 7) is 2.32. The van der Waals surface area contributed by atoms with Crippen LogP contribution in [0.5, 0.6) is 11.5 Å². The molecule has 5 heteroatoms. The molecule has 21 heavy (non-hydrogen) atoms. The molecule has 0 saturated heterocycles. The Kier molecular flexibility index (Phi) is 4.56. The molecule has 0 aliphatic rings. The zero-order valence-electron chi connectivity index (χ0n) is 11.6. The molecule has 2 aromatic carbocycles. The van der Waals surface area contributed by atoms with Crippen molar-refractivity contribution in [2.75, 3.05) is 6.61 Å². The fourth-order valence-electron chi connectivity index (χ4n) is 1.77. The number of rotatable bonds is 5. The van der Waals surface area contributed by atoms with Gasteiger partial charge in [-0.1, -0.05) is 6.07 Å². The molecule has 0 bridgehead atoms. The predicted octanol–water partition coefficient (Wildman–Crippen LogP) is 2.64. The van der Waals surface area contributed by atoms with E-state index in [1.54, 1.807) is 42.5 Å². The molecular formula is C16H16N2O3. The topological polar surface area (TPSA) is 84.9 Å². The van der Waals surface area contributed by atoms with Gasteiger partial charge in [-0.3, -0.25) is 9.79 Å². The second kappa shape index (κ2) is 6.56. The first-order valence-corrected chi connectivity index (χ1v) is 6.50. The normalized spacial score (nSPS) is 10.7. The number of aromatic hydroxyl groups is 1. The van der Waals surface area contributed by atoms with Crippen LogP contribution in [0.3, 0.4) is 0 Å². The van der Waals surface area contributed by atoms with Crippen LogP contribution in [0.4, 0.5) is 5.69 Å². The van der Waals surface area contributed by atoms with Crippen LogP contribution in [0, 0.1) is 0 Å². The Morgan fingerprint density at radius 2 is 2.00 bits per heavy atom. The fourth-order valence-corrected chi connectivity index (χ4v) is 1.77. The van der Waals surface area contributed by atoms with Gasteiger partial charge in [-0.25, -0.2) is 0 Å². The minimum atomic E-state index is -0.479. The van der Waals surface area contributed by atoms with Crippen LogP contribution < -0.4 is 10.5 Å². The number of carbonyl (C=O) groups is 1. The van der Waals surface area contributed by atoms with Gasteiger partial charge >= 0.3 is 0 Å². The quantitative estimate of drug-likeness (QED) is 0.828. The van der Waals surface area contributed by atoms with Gasteiger partial charge in [-0.2, -0.15) is 0 Å². The maximum atomic E-state index is 11.0. The van der Waals surface area contributed by atoms with Crippen LogP contribution >= 0.6 is 0 Å². The Labute approximate surface area is 122 Å². The smallest absolute Gasteiger partial charge is 0.248 e. The van der Waals surface area contributed by atoms with Crippen LogP contribution in [0.25, 0.3) is 0 Å². The van der Waals surface area contributed by atoms with E-state index in [2.05, 4.69) is 4.99 Å². The van der Waals surface area contributed by atoms with Crippen molar-refractivity contribution in [2.24, 2.45) is 10.7 Å². The van der Waals surface area contributed by atoms with Crippen molar-refractivity contribution < 1.29 is 14.6 Å². The molecule has 0 spiro atoms. The third kappa shape index (κ3) is 3.60. The predicted molar refractivity (Wildman–Crippen MR) is 81.5 cm³/mol. The zero-order chi connectivity index (χ0) is 15.2. The zero-order valence-corrected chi connectivity index (χ0v) is 11.6. The lowest BCUT2D eigenvalue weighted by Gasteiger charge is -2.07. The highest BCUT2D eigenvalue weighted by atomic mass is 16.5. The van der Waals surface area contributed by atoms with E-state index in [0.717, 1.165) is 0 Å². The van der Waals surface area contributed by atoms with Gasteiger partial charge in [-0.15, -0.1) is 0 Å². The summed E-state index contributed by atoms with van der Waals surface area (Å²) >= 11 is 0. The molecule has 0 aromatic heterocycles. The van der Waals surface area contributed by atoms with Gasteiger partial charge in [0.2, 0.25) is 5.91 Å². The molecule has 0 unspecified atom stereocenters. The van der Waals surface area contributed by atoms with E-state index in [4.69, 9.17) is 10.5 Å². The van der Waals surface area contributed by atoms with Crippen molar-refractivity contribution in [3.8, 4) is 11.5 Å². The SMILES string of the molecule is CCOc1cccc(C=Nc2ccc(C(N)=O)cc2)c1O. The van der Waals surface area contributed by atoms with Gasteiger partial charge in [0, 0.05) is 17.3 Å². The van der Waals surface area contributed by atoms with Gasteiger partial charge < -0.3 is 15.6 Å². The lowest BCUT2D eigenvalue weighted by Crippen LogP contribution is -2.10. The minimum Gasteiger partial charge on any atom is -0.504 e. The Morgan fingerprint density at radius 3 is 2.62 bits per heavy atom. The second-order valence-electron chi connectivity index (χ2n) is 4.30. The van der Waals surface area contributed by atoms with Crippen molar-refractivity contribution in [1.29, 1.82) is 0 Å². The van der Waals surface area contributed by atoms with Gasteiger partial charge in [-0.05, 0) is 43.3 Å². The molecule has 0 aliphatic carbocycles. The molecule has 3 N–H and O–H groups in total. The summed E-state index contributed by atoms with van der Waals surface area (Å²) in [7, 11) is 0. The van der Waals surface area contributed by atoms with Gasteiger partial charge in [0.1, 0.15) is 0 Å². The van der Waals surface area contributed by atoms with Crippen molar-refractivity contribution in [2.45, 2.75) is 6.92 Å². The molecule has 108 valence electrons. The molecule has 5 nitrogen and oxygen atoms in total. The lowest BCUT2D eigenvalue weighted by atomic mass is 10.2. The highest BCUT2D eigenvalue weighted by Gasteiger charge is 2.05. The first-order chi connectivity index (χ1) is 10.1. The van der Waals surface area contributed by atoms with Gasteiger partial charge in [0.15, 0.2) is 11.5 Å². The number of nitrogens with two attached hydrogens (primary N) is 1. The highest BCUT2D eigenvalue weighted by Crippen LogP contribution is 2.29. The van der Waals surface area contributed by atoms with E-state index < -0.39 is 5.91 Å². The number of hydrogen-bond acceptors (Lipinski definition) is 4. The van der Waals surface area contributed by atoms with E-state index >= 15 is 0 Å². The molecule has 0 fully saturated rings. The van der Waals surface area contributed by atoms with E-state index in [-0.39, 0.29) is 5.75 Å². The summed E-state index contributed by atoms with van der Waals surface area (Å²) in [6.07, 6.45) is 1.54. The van der Waals surface area contributed by atoms with E-state index in [9.17, 15) is 9.90 Å². The van der Waals surface area contributed by atoms with Crippen LogP contribution in [0.2, 0.25) is 0 Å². The van der Waals surface area contributed by atoms with Gasteiger partial charge in [0.05, 0.1) is 12.3 Å². The number of benzene rings is 2. The number of phenols is 1. The molecule has 2 aromatic rings. The Bertz CT molecular complexity index is 664. The monoisotopic (exact) mass is 284 g/mol. The number of hydrogen-bond donors (Lipinski definition) is 2. The number of carbonyl (C=O) groups excluding carboxylic acids is 1. The van der Waals surface area contributed by atoms with Crippen molar-refractivity contribution in [1.82, 2.24) is 0 Å². The summed E-state index contributed by atoms with van der Waals surface area (Å²) in [5.74, 6) is -0.00466. The number of primary amides is 1. The second-order valence-corrected chi connectivity index (χ2v) is 4.30. The molecule has 0 saturated carbocycles. The van der Waals surface area contributed by atoms with Crippen molar-refractivity contribution in [3.05, 3.63) is 53.6 Å². The summed E-state index contributed by atoms with van der Waals surface area (Å²) in [6, 6.07) is 11.8. The average Bonchev–Trinajstić information content (AvgIpc) is 2.49. The molecular weight excluding hydrogens is 268 g/mol. The standard InChI is InChI=1S/C16H16N2O3/c1-2-21-14-5-3-4-12(15(14)19)10-18-13-8-6-11(7-9-13)16(17)20/h3-10,19H,2H2,1H3,(H2,17,20). The van der Waals surface area contributed by atoms with E-state index in [1.165, 1.54) is 6.21 Å². The number of phenolic OH excluding ortho intramolecular Hbond substituents is 1. The van der Waals surface area contributed by atoms with E-state index in [0.29, 0.717) is 29.2 Å². The number of aliphatic imine (C=N–C) groups is 1. The first kappa shape index (κ1) is 14.6. The maximum absolute atomic E-state index is 11.0. The Morgan fingerprint density at radius 1 is 1.29 bits per heavy atom. The molecule has 0 radical (unpaired) electrons. The first-order valence-electron chi connectivity index (χ1n) is 6.50. The Hall–Kier alpha value is -2.82. The number of nitrogens with zero attached hydrogens (tertiary/aromatic N) is 1. The van der Waals surface area contributed by atoms with Crippen LogP contribution in [0.15, 0.2) is 47.5 Å². The number of para-hydroxylation sites is 1. The maximum Gasteiger partial charge on any atom is 0.248 e. The molecule has 0 aliphatic heterocycles. The fraction of sp³-hybridized carbons (Fsp3) is 0.125. The van der Waals surface area contributed by atoms with Crippen LogP contribution in [0.1, 0.15) is 22.8 Å².